The van der Waals surface area contributed by atoms with Crippen LogP contribution in [0.3, 0.4) is 0 Å². The number of benzene rings is 2. The monoisotopic (exact) mass is 486 g/mol. The molecule has 1 aliphatic carbocycles. The maximum Gasteiger partial charge on any atom is 0.409 e. The minimum absolute atomic E-state index is 0.0587. The minimum Gasteiger partial charge on any atom is -0.448 e. The van der Waals surface area contributed by atoms with Crippen LogP contribution in [0.5, 0.6) is 0 Å². The van der Waals surface area contributed by atoms with E-state index >= 15 is 0 Å². The van der Waals surface area contributed by atoms with Crippen molar-refractivity contribution in [3.8, 4) is 11.1 Å². The van der Waals surface area contributed by atoms with Gasteiger partial charge in [-0.1, -0.05) is 60.1 Å². The number of carbonyl (C=O) groups excluding carboxylic acids is 1. The molecule has 2 aliphatic heterocycles. The summed E-state index contributed by atoms with van der Waals surface area (Å²) in [5.74, 6) is 0.0587. The molecule has 7 nitrogen and oxygen atoms in total. The number of oxazole rings is 1. The zero-order valence-electron chi connectivity index (χ0n) is 18.9. The Labute approximate surface area is 207 Å². The molecule has 2 unspecified atom stereocenters. The highest BCUT2D eigenvalue weighted by molar-refractivity contribution is 6.29. The van der Waals surface area contributed by atoms with Gasteiger partial charge in [-0.05, 0) is 47.2 Å². The maximum absolute atomic E-state index is 13.1. The highest BCUT2D eigenvalue weighted by Crippen LogP contribution is 2.44. The van der Waals surface area contributed by atoms with Crippen LogP contribution in [0.15, 0.2) is 65.1 Å². The first-order chi connectivity index (χ1) is 17.2. The lowest BCUT2D eigenvalue weighted by Gasteiger charge is -2.39. The molecule has 0 spiro atoms. The van der Waals surface area contributed by atoms with Gasteiger partial charge in [0, 0.05) is 19.0 Å². The van der Waals surface area contributed by atoms with E-state index in [4.69, 9.17) is 20.8 Å². The fourth-order valence-electron chi connectivity index (χ4n) is 5.94. The second-order valence-electron chi connectivity index (χ2n) is 9.45. The molecular formula is C27H23ClN4O3. The van der Waals surface area contributed by atoms with Gasteiger partial charge in [0.2, 0.25) is 5.65 Å². The fraction of sp³-hybridized carbons (Fsp3) is 0.296. The molecule has 2 saturated heterocycles. The first kappa shape index (κ1) is 20.8. The Morgan fingerprint density at radius 3 is 2.29 bits per heavy atom. The highest BCUT2D eigenvalue weighted by atomic mass is 35.5. The molecular weight excluding hydrogens is 464 g/mol. The molecule has 7 rings (SSSR count). The minimum atomic E-state index is -0.255. The van der Waals surface area contributed by atoms with Crippen molar-refractivity contribution < 1.29 is 13.9 Å². The number of likely N-dealkylation sites (tertiary alicyclic amines) is 1. The molecule has 2 fully saturated rings. The van der Waals surface area contributed by atoms with E-state index in [0.717, 1.165) is 12.8 Å². The standard InChI is InChI=1S/C27H23ClN4O3/c28-24-12-11-23-25(29-24)30-26(35-23)32-16-9-10-17(32)14-31(13-16)27(33)34-15-22-20-7-3-1-5-18(20)19-6-2-4-8-21(19)22/h1-8,11-12,16-17,22H,9-10,13-15H2. The average Bonchev–Trinajstić information content (AvgIpc) is 3.51. The number of piperazine rings is 1. The summed E-state index contributed by atoms with van der Waals surface area (Å²) >= 11 is 6.01. The van der Waals surface area contributed by atoms with Gasteiger partial charge in [0.15, 0.2) is 5.58 Å². The van der Waals surface area contributed by atoms with Crippen molar-refractivity contribution in [1.29, 1.82) is 0 Å². The third-order valence-corrected chi connectivity index (χ3v) is 7.72. The Kier molecular flexibility index (Phi) is 4.74. The molecule has 3 aliphatic rings. The van der Waals surface area contributed by atoms with Crippen LogP contribution in [0.2, 0.25) is 5.15 Å². The van der Waals surface area contributed by atoms with Crippen molar-refractivity contribution >= 4 is 34.9 Å². The molecule has 1 amide bonds. The Bertz CT molecular complexity index is 1390. The number of carbonyl (C=O) groups is 1. The first-order valence-electron chi connectivity index (χ1n) is 12.0. The van der Waals surface area contributed by atoms with E-state index in [2.05, 4.69) is 51.3 Å². The normalized spacial score (nSPS) is 20.8. The number of nitrogens with zero attached hydrogens (tertiary/aromatic N) is 4. The largest absolute Gasteiger partial charge is 0.448 e. The lowest BCUT2D eigenvalue weighted by Crippen LogP contribution is -2.55. The molecule has 4 aromatic rings. The van der Waals surface area contributed by atoms with Crippen LogP contribution in [-0.4, -0.2) is 52.7 Å². The van der Waals surface area contributed by atoms with E-state index < -0.39 is 0 Å². The fourth-order valence-corrected chi connectivity index (χ4v) is 6.09. The SMILES string of the molecule is O=C(OCC1c2ccccc2-c2ccccc21)N1CC2CCC(C1)N2c1nc2nc(Cl)ccc2o1. The van der Waals surface area contributed by atoms with Crippen LogP contribution in [0.1, 0.15) is 29.9 Å². The van der Waals surface area contributed by atoms with Gasteiger partial charge in [0.05, 0.1) is 12.1 Å². The number of halogens is 1. The number of rotatable bonds is 3. The van der Waals surface area contributed by atoms with Gasteiger partial charge in [-0.2, -0.15) is 4.98 Å². The van der Waals surface area contributed by atoms with Crippen molar-refractivity contribution in [2.45, 2.75) is 30.8 Å². The van der Waals surface area contributed by atoms with E-state index in [9.17, 15) is 4.79 Å². The van der Waals surface area contributed by atoms with Crippen LogP contribution in [0.25, 0.3) is 22.4 Å². The molecule has 0 radical (unpaired) electrons. The third-order valence-electron chi connectivity index (χ3n) is 7.51. The molecule has 0 N–H and O–H groups in total. The van der Waals surface area contributed by atoms with E-state index in [0.29, 0.717) is 42.1 Å². The number of hydrogen-bond donors (Lipinski definition) is 0. The summed E-state index contributed by atoms with van der Waals surface area (Å²) in [7, 11) is 0. The van der Waals surface area contributed by atoms with E-state index in [1.54, 1.807) is 12.1 Å². The summed E-state index contributed by atoms with van der Waals surface area (Å²) in [5, 5.41) is 0.389. The number of hydrogen-bond acceptors (Lipinski definition) is 6. The van der Waals surface area contributed by atoms with E-state index in [-0.39, 0.29) is 24.1 Å². The molecule has 8 heteroatoms. The van der Waals surface area contributed by atoms with Gasteiger partial charge >= 0.3 is 12.1 Å². The van der Waals surface area contributed by atoms with Crippen molar-refractivity contribution in [2.24, 2.45) is 0 Å². The smallest absolute Gasteiger partial charge is 0.409 e. The van der Waals surface area contributed by atoms with Gasteiger partial charge in [0.1, 0.15) is 11.8 Å². The predicted octanol–water partition coefficient (Wildman–Crippen LogP) is 5.48. The number of ether oxygens (including phenoxy) is 1. The second-order valence-corrected chi connectivity index (χ2v) is 9.84. The Morgan fingerprint density at radius 1 is 0.943 bits per heavy atom. The third kappa shape index (κ3) is 3.37. The molecule has 2 aromatic heterocycles. The van der Waals surface area contributed by atoms with Gasteiger partial charge < -0.3 is 19.0 Å². The molecule has 2 atom stereocenters. The topological polar surface area (TPSA) is 71.7 Å². The Balaban J connectivity index is 1.06. The number of fused-ring (bicyclic) bond motifs is 6. The van der Waals surface area contributed by atoms with Crippen LogP contribution in [0, 0.1) is 0 Å². The highest BCUT2D eigenvalue weighted by Gasteiger charge is 2.44. The lowest BCUT2D eigenvalue weighted by molar-refractivity contribution is 0.0908. The van der Waals surface area contributed by atoms with E-state index in [1.165, 1.54) is 22.3 Å². The van der Waals surface area contributed by atoms with Crippen LogP contribution >= 0.6 is 11.6 Å². The molecule has 35 heavy (non-hydrogen) atoms. The summed E-state index contributed by atoms with van der Waals surface area (Å²) in [6, 6.07) is 21.1. The first-order valence-corrected chi connectivity index (χ1v) is 12.3. The summed E-state index contributed by atoms with van der Waals surface area (Å²) in [4.78, 5) is 26.0. The summed E-state index contributed by atoms with van der Waals surface area (Å²) in [5.41, 5.74) is 6.01. The number of anilines is 1. The Morgan fingerprint density at radius 2 is 1.60 bits per heavy atom. The predicted molar refractivity (Wildman–Crippen MR) is 133 cm³/mol. The number of pyridine rings is 1. The second kappa shape index (κ2) is 7.99. The van der Waals surface area contributed by atoms with Gasteiger partial charge in [-0.25, -0.2) is 9.78 Å². The maximum atomic E-state index is 13.1. The van der Waals surface area contributed by atoms with Crippen molar-refractivity contribution in [2.75, 3.05) is 24.6 Å². The molecule has 2 aromatic carbocycles. The van der Waals surface area contributed by atoms with Crippen molar-refractivity contribution in [3.05, 3.63) is 76.9 Å². The van der Waals surface area contributed by atoms with Gasteiger partial charge in [0.25, 0.3) is 0 Å². The average molecular weight is 487 g/mol. The van der Waals surface area contributed by atoms with Crippen molar-refractivity contribution in [1.82, 2.24) is 14.9 Å². The molecule has 176 valence electrons. The van der Waals surface area contributed by atoms with Gasteiger partial charge in [-0.3, -0.25) is 0 Å². The summed E-state index contributed by atoms with van der Waals surface area (Å²) in [6.07, 6.45) is 1.70. The zero-order chi connectivity index (χ0) is 23.5. The molecule has 4 heterocycles. The summed E-state index contributed by atoms with van der Waals surface area (Å²) in [6.45, 7) is 1.50. The van der Waals surface area contributed by atoms with E-state index in [1.807, 2.05) is 17.0 Å². The van der Waals surface area contributed by atoms with Gasteiger partial charge in [-0.15, -0.1) is 0 Å². The number of aromatic nitrogens is 2. The quantitative estimate of drug-likeness (QED) is 0.357. The molecule has 2 bridgehead atoms. The Hall–Kier alpha value is -3.58. The lowest BCUT2D eigenvalue weighted by atomic mass is 9.98. The zero-order valence-corrected chi connectivity index (χ0v) is 19.7. The number of amides is 1. The van der Waals surface area contributed by atoms with Crippen LogP contribution in [-0.2, 0) is 4.74 Å². The summed E-state index contributed by atoms with van der Waals surface area (Å²) < 4.78 is 11.9. The van der Waals surface area contributed by atoms with Crippen LogP contribution < -0.4 is 4.90 Å². The van der Waals surface area contributed by atoms with Crippen LogP contribution in [0.4, 0.5) is 10.8 Å². The molecule has 0 saturated carbocycles. The van der Waals surface area contributed by atoms with Crippen molar-refractivity contribution in [3.63, 3.8) is 0 Å².